The van der Waals surface area contributed by atoms with Crippen molar-refractivity contribution in [1.82, 2.24) is 9.80 Å². The molecular weight excluding hydrogens is 258 g/mol. The van der Waals surface area contributed by atoms with E-state index in [0.29, 0.717) is 25.6 Å². The van der Waals surface area contributed by atoms with Crippen LogP contribution in [0.1, 0.15) is 25.7 Å². The van der Waals surface area contributed by atoms with E-state index in [9.17, 15) is 14.7 Å². The lowest BCUT2D eigenvalue weighted by molar-refractivity contribution is -0.136. The van der Waals surface area contributed by atoms with E-state index in [1.807, 2.05) is 4.90 Å². The Hall–Kier alpha value is -1.30. The molecule has 3 aliphatic rings. The average molecular weight is 281 g/mol. The molecule has 3 amide bonds. The Bertz CT molecular complexity index is 414. The van der Waals surface area contributed by atoms with Crippen molar-refractivity contribution in [3.63, 3.8) is 0 Å². The molecule has 4 unspecified atom stereocenters. The minimum atomic E-state index is -0.434. The number of hydrogen-bond donors (Lipinski definition) is 2. The Morgan fingerprint density at radius 3 is 2.55 bits per heavy atom. The predicted molar refractivity (Wildman–Crippen MR) is 72.7 cm³/mol. The van der Waals surface area contributed by atoms with Gasteiger partial charge in [-0.25, -0.2) is 4.79 Å². The highest BCUT2D eigenvalue weighted by atomic mass is 16.3. The Labute approximate surface area is 118 Å². The van der Waals surface area contributed by atoms with Crippen LogP contribution >= 0.6 is 0 Å². The summed E-state index contributed by atoms with van der Waals surface area (Å²) < 4.78 is 0. The van der Waals surface area contributed by atoms with Crippen molar-refractivity contribution in [3.8, 4) is 0 Å². The van der Waals surface area contributed by atoms with Crippen molar-refractivity contribution in [2.75, 3.05) is 26.2 Å². The van der Waals surface area contributed by atoms with Gasteiger partial charge < -0.3 is 20.6 Å². The Kier molecular flexibility index (Phi) is 3.58. The van der Waals surface area contributed by atoms with Gasteiger partial charge in [0.25, 0.3) is 0 Å². The van der Waals surface area contributed by atoms with Gasteiger partial charge in [0.15, 0.2) is 0 Å². The van der Waals surface area contributed by atoms with Gasteiger partial charge in [0.2, 0.25) is 5.91 Å². The van der Waals surface area contributed by atoms with Crippen molar-refractivity contribution in [2.45, 2.75) is 31.8 Å². The second-order valence-electron chi connectivity index (χ2n) is 6.44. The Morgan fingerprint density at radius 1 is 1.05 bits per heavy atom. The number of aliphatic hydroxyl groups excluding tert-OH is 1. The lowest BCUT2D eigenvalue weighted by atomic mass is 9.96. The molecule has 3 rings (SSSR count). The zero-order chi connectivity index (χ0) is 14.3. The lowest BCUT2D eigenvalue weighted by Gasteiger charge is -2.33. The second kappa shape index (κ2) is 5.24. The molecule has 1 aliphatic carbocycles. The molecule has 112 valence electrons. The minimum Gasteiger partial charge on any atom is -0.393 e. The number of aliphatic hydroxyl groups is 1. The molecule has 0 aromatic rings. The van der Waals surface area contributed by atoms with Gasteiger partial charge in [-0.15, -0.1) is 0 Å². The number of hydrogen-bond acceptors (Lipinski definition) is 3. The number of nitrogens with two attached hydrogens (primary N) is 1. The summed E-state index contributed by atoms with van der Waals surface area (Å²) in [5.41, 5.74) is 5.31. The molecule has 6 nitrogen and oxygen atoms in total. The topological polar surface area (TPSA) is 86.9 Å². The summed E-state index contributed by atoms with van der Waals surface area (Å²) in [4.78, 5) is 27.3. The number of carbonyl (C=O) groups excluding carboxylic acids is 2. The number of nitrogens with zero attached hydrogens (tertiary/aromatic N) is 2. The third kappa shape index (κ3) is 2.37. The predicted octanol–water partition coefficient (Wildman–Crippen LogP) is 0.00640. The van der Waals surface area contributed by atoms with E-state index < -0.39 is 6.03 Å². The van der Waals surface area contributed by atoms with E-state index in [2.05, 4.69) is 0 Å². The first-order valence-electron chi connectivity index (χ1n) is 7.57. The maximum Gasteiger partial charge on any atom is 0.314 e. The Balaban J connectivity index is 1.61. The van der Waals surface area contributed by atoms with E-state index in [0.717, 1.165) is 32.2 Å². The lowest BCUT2D eigenvalue weighted by Crippen LogP contribution is -2.48. The molecule has 6 heteroatoms. The average Bonchev–Trinajstić information content (AvgIpc) is 3.01. The monoisotopic (exact) mass is 281 g/mol. The van der Waals surface area contributed by atoms with Gasteiger partial charge in [-0.3, -0.25) is 4.79 Å². The van der Waals surface area contributed by atoms with Crippen LogP contribution in [0.3, 0.4) is 0 Å². The van der Waals surface area contributed by atoms with Gasteiger partial charge in [0, 0.05) is 32.1 Å². The van der Waals surface area contributed by atoms with E-state index in [1.165, 1.54) is 0 Å². The number of rotatable bonds is 1. The summed E-state index contributed by atoms with van der Waals surface area (Å²) in [6.07, 6.45) is 3.31. The first-order chi connectivity index (χ1) is 9.56. The van der Waals surface area contributed by atoms with Crippen molar-refractivity contribution >= 4 is 11.9 Å². The molecule has 2 heterocycles. The van der Waals surface area contributed by atoms with Crippen LogP contribution in [0.2, 0.25) is 0 Å². The molecule has 1 saturated carbocycles. The van der Waals surface area contributed by atoms with Gasteiger partial charge in [0.05, 0.1) is 12.0 Å². The van der Waals surface area contributed by atoms with Gasteiger partial charge >= 0.3 is 6.03 Å². The zero-order valence-electron chi connectivity index (χ0n) is 11.7. The fourth-order valence-corrected chi connectivity index (χ4v) is 4.05. The first-order valence-corrected chi connectivity index (χ1v) is 7.57. The van der Waals surface area contributed by atoms with Crippen LogP contribution in [-0.4, -0.2) is 59.1 Å². The quantitative estimate of drug-likeness (QED) is 0.709. The van der Waals surface area contributed by atoms with E-state index in [-0.39, 0.29) is 23.8 Å². The molecule has 3 fully saturated rings. The standard InChI is InChI=1S/C14H23N3O3/c15-14(20)16-5-1-2-10(7-16)13(19)17-6-9-3-4-12(18)11(9)8-17/h9-12,18H,1-8H2,(H2,15,20). The largest absolute Gasteiger partial charge is 0.393 e. The van der Waals surface area contributed by atoms with Gasteiger partial charge in [0.1, 0.15) is 0 Å². The van der Waals surface area contributed by atoms with Gasteiger partial charge in [-0.2, -0.15) is 0 Å². The van der Waals surface area contributed by atoms with Gasteiger partial charge in [-0.05, 0) is 31.6 Å². The van der Waals surface area contributed by atoms with Crippen molar-refractivity contribution in [2.24, 2.45) is 23.5 Å². The van der Waals surface area contributed by atoms with Gasteiger partial charge in [-0.1, -0.05) is 0 Å². The molecule has 0 aromatic carbocycles. The molecule has 0 bridgehead atoms. The normalized spacial score (nSPS) is 37.0. The highest BCUT2D eigenvalue weighted by Crippen LogP contribution is 2.38. The number of piperidine rings is 1. The summed E-state index contributed by atoms with van der Waals surface area (Å²) in [5, 5.41) is 9.92. The number of carbonyl (C=O) groups is 2. The summed E-state index contributed by atoms with van der Waals surface area (Å²) in [7, 11) is 0. The summed E-state index contributed by atoms with van der Waals surface area (Å²) in [5.74, 6) is 0.740. The third-order valence-corrected chi connectivity index (χ3v) is 5.21. The van der Waals surface area contributed by atoms with Crippen LogP contribution in [0.25, 0.3) is 0 Å². The molecule has 4 atom stereocenters. The van der Waals surface area contributed by atoms with Crippen molar-refractivity contribution in [3.05, 3.63) is 0 Å². The molecule has 2 saturated heterocycles. The molecule has 2 aliphatic heterocycles. The van der Waals surface area contributed by atoms with Crippen LogP contribution in [0, 0.1) is 17.8 Å². The highest BCUT2D eigenvalue weighted by Gasteiger charge is 2.44. The number of fused-ring (bicyclic) bond motifs is 1. The summed E-state index contributed by atoms with van der Waals surface area (Å²) in [6.45, 7) is 2.55. The van der Waals surface area contributed by atoms with Crippen LogP contribution in [0.4, 0.5) is 4.79 Å². The van der Waals surface area contributed by atoms with E-state index in [1.54, 1.807) is 4.90 Å². The van der Waals surface area contributed by atoms with Crippen LogP contribution in [0.5, 0.6) is 0 Å². The zero-order valence-corrected chi connectivity index (χ0v) is 11.7. The number of urea groups is 1. The molecule has 0 spiro atoms. The first kappa shape index (κ1) is 13.7. The molecular formula is C14H23N3O3. The fourth-order valence-electron chi connectivity index (χ4n) is 4.05. The second-order valence-corrected chi connectivity index (χ2v) is 6.44. The summed E-state index contributed by atoms with van der Waals surface area (Å²) in [6, 6.07) is -0.434. The van der Waals surface area contributed by atoms with Crippen molar-refractivity contribution < 1.29 is 14.7 Å². The smallest absolute Gasteiger partial charge is 0.314 e. The maximum absolute atomic E-state index is 12.6. The van der Waals surface area contributed by atoms with Crippen LogP contribution in [0.15, 0.2) is 0 Å². The number of likely N-dealkylation sites (tertiary alicyclic amines) is 2. The molecule has 0 aromatic heterocycles. The van der Waals surface area contributed by atoms with Crippen LogP contribution in [-0.2, 0) is 4.79 Å². The molecule has 20 heavy (non-hydrogen) atoms. The number of primary amides is 1. The molecule has 0 radical (unpaired) electrons. The molecule has 3 N–H and O–H groups in total. The third-order valence-electron chi connectivity index (χ3n) is 5.21. The van der Waals surface area contributed by atoms with Crippen LogP contribution < -0.4 is 5.73 Å². The minimum absolute atomic E-state index is 0.118. The number of amides is 3. The van der Waals surface area contributed by atoms with E-state index >= 15 is 0 Å². The Morgan fingerprint density at radius 2 is 1.85 bits per heavy atom. The SMILES string of the molecule is NC(=O)N1CCCC(C(=O)N2CC3CCC(O)C3C2)C1. The highest BCUT2D eigenvalue weighted by molar-refractivity contribution is 5.81. The summed E-state index contributed by atoms with van der Waals surface area (Å²) >= 11 is 0. The maximum atomic E-state index is 12.6. The fraction of sp³-hybridized carbons (Fsp3) is 0.857. The van der Waals surface area contributed by atoms with E-state index in [4.69, 9.17) is 5.73 Å². The van der Waals surface area contributed by atoms with Crippen molar-refractivity contribution in [1.29, 1.82) is 0 Å².